The summed E-state index contributed by atoms with van der Waals surface area (Å²) in [6.07, 6.45) is 11.4. The molecular formula is C11H18. The molecule has 2 atom stereocenters. The van der Waals surface area contributed by atoms with Crippen LogP contribution in [0.2, 0.25) is 0 Å². The lowest BCUT2D eigenvalue weighted by atomic mass is 9.72. The van der Waals surface area contributed by atoms with Crippen molar-refractivity contribution in [2.24, 2.45) is 11.8 Å². The van der Waals surface area contributed by atoms with Crippen molar-refractivity contribution in [3.8, 4) is 0 Å². The molecule has 0 heteroatoms. The first-order chi connectivity index (χ1) is 5.36. The Morgan fingerprint density at radius 1 is 1.18 bits per heavy atom. The maximum atomic E-state index is 2.55. The topological polar surface area (TPSA) is 0 Å². The summed E-state index contributed by atoms with van der Waals surface area (Å²) in [6.45, 7) is 2.30. The van der Waals surface area contributed by atoms with Gasteiger partial charge in [-0.2, -0.15) is 0 Å². The molecule has 1 fully saturated rings. The SMILES string of the molecule is CC1=CC2CCCCC2CC1. The van der Waals surface area contributed by atoms with E-state index in [1.807, 2.05) is 0 Å². The van der Waals surface area contributed by atoms with Crippen molar-refractivity contribution in [2.45, 2.75) is 45.4 Å². The number of hydrogen-bond donors (Lipinski definition) is 0. The molecule has 0 aromatic heterocycles. The first-order valence-electron chi connectivity index (χ1n) is 5.03. The third-order valence-electron chi connectivity index (χ3n) is 3.38. The summed E-state index contributed by atoms with van der Waals surface area (Å²) in [5.74, 6) is 2.03. The fraction of sp³-hybridized carbons (Fsp3) is 0.818. The van der Waals surface area contributed by atoms with Crippen LogP contribution in [0.5, 0.6) is 0 Å². The molecule has 0 spiro atoms. The normalized spacial score (nSPS) is 37.7. The number of rotatable bonds is 0. The number of fused-ring (bicyclic) bond motifs is 1. The lowest BCUT2D eigenvalue weighted by Gasteiger charge is -2.33. The highest BCUT2D eigenvalue weighted by Gasteiger charge is 2.25. The molecule has 0 amide bonds. The van der Waals surface area contributed by atoms with Gasteiger partial charge in [0.15, 0.2) is 0 Å². The zero-order valence-electron chi connectivity index (χ0n) is 7.47. The molecule has 0 N–H and O–H groups in total. The molecular weight excluding hydrogens is 132 g/mol. The Balaban J connectivity index is 2.07. The minimum Gasteiger partial charge on any atom is -0.0822 e. The zero-order chi connectivity index (χ0) is 7.68. The van der Waals surface area contributed by atoms with Gasteiger partial charge in [0.2, 0.25) is 0 Å². The van der Waals surface area contributed by atoms with Crippen molar-refractivity contribution in [3.63, 3.8) is 0 Å². The second-order valence-electron chi connectivity index (χ2n) is 4.26. The van der Waals surface area contributed by atoms with Crippen molar-refractivity contribution >= 4 is 0 Å². The summed E-state index contributed by atoms with van der Waals surface area (Å²) >= 11 is 0. The van der Waals surface area contributed by atoms with Gasteiger partial charge in [-0.3, -0.25) is 0 Å². The first-order valence-corrected chi connectivity index (χ1v) is 5.03. The van der Waals surface area contributed by atoms with Gasteiger partial charge in [0.1, 0.15) is 0 Å². The predicted molar refractivity (Wildman–Crippen MR) is 48.4 cm³/mol. The van der Waals surface area contributed by atoms with Crippen LogP contribution in [0.1, 0.15) is 45.4 Å². The molecule has 2 unspecified atom stereocenters. The molecule has 0 radical (unpaired) electrons. The van der Waals surface area contributed by atoms with Gasteiger partial charge in [0.25, 0.3) is 0 Å². The van der Waals surface area contributed by atoms with Gasteiger partial charge in [-0.05, 0) is 44.4 Å². The fourth-order valence-electron chi connectivity index (χ4n) is 2.68. The molecule has 0 bridgehead atoms. The lowest BCUT2D eigenvalue weighted by Crippen LogP contribution is -2.20. The van der Waals surface area contributed by atoms with Gasteiger partial charge in [-0.1, -0.05) is 24.5 Å². The number of allylic oxidation sites excluding steroid dienone is 2. The average Bonchev–Trinajstić information content (AvgIpc) is 2.04. The van der Waals surface area contributed by atoms with Gasteiger partial charge in [0, 0.05) is 0 Å². The second kappa shape index (κ2) is 3.00. The lowest BCUT2D eigenvalue weighted by molar-refractivity contribution is 0.255. The highest BCUT2D eigenvalue weighted by atomic mass is 14.3. The molecule has 62 valence electrons. The largest absolute Gasteiger partial charge is 0.0822 e. The first kappa shape index (κ1) is 7.39. The van der Waals surface area contributed by atoms with Crippen LogP contribution in [-0.2, 0) is 0 Å². The standard InChI is InChI=1S/C11H18/c1-9-6-7-10-4-2-3-5-11(10)8-9/h8,10-11H,2-7H2,1H3. The minimum absolute atomic E-state index is 0.970. The molecule has 2 aliphatic rings. The highest BCUT2D eigenvalue weighted by Crippen LogP contribution is 2.38. The second-order valence-corrected chi connectivity index (χ2v) is 4.26. The quantitative estimate of drug-likeness (QED) is 0.463. The zero-order valence-corrected chi connectivity index (χ0v) is 7.47. The predicted octanol–water partition coefficient (Wildman–Crippen LogP) is 3.53. The molecule has 0 aromatic carbocycles. The van der Waals surface area contributed by atoms with Crippen LogP contribution in [0.15, 0.2) is 11.6 Å². The highest BCUT2D eigenvalue weighted by molar-refractivity contribution is 5.07. The smallest absolute Gasteiger partial charge is 0.0202 e. The van der Waals surface area contributed by atoms with Gasteiger partial charge in [0.05, 0.1) is 0 Å². The van der Waals surface area contributed by atoms with Crippen LogP contribution in [0.25, 0.3) is 0 Å². The molecule has 0 saturated heterocycles. The fourth-order valence-corrected chi connectivity index (χ4v) is 2.68. The molecule has 0 nitrogen and oxygen atoms in total. The minimum atomic E-state index is 0.970. The van der Waals surface area contributed by atoms with E-state index in [1.54, 1.807) is 5.57 Å². The van der Waals surface area contributed by atoms with E-state index >= 15 is 0 Å². The van der Waals surface area contributed by atoms with Gasteiger partial charge in [-0.25, -0.2) is 0 Å². The van der Waals surface area contributed by atoms with Crippen LogP contribution in [0.3, 0.4) is 0 Å². The van der Waals surface area contributed by atoms with E-state index in [2.05, 4.69) is 13.0 Å². The monoisotopic (exact) mass is 150 g/mol. The molecule has 2 rings (SSSR count). The van der Waals surface area contributed by atoms with E-state index in [-0.39, 0.29) is 0 Å². The van der Waals surface area contributed by atoms with Gasteiger partial charge >= 0.3 is 0 Å². The van der Waals surface area contributed by atoms with Crippen molar-refractivity contribution in [1.82, 2.24) is 0 Å². The van der Waals surface area contributed by atoms with E-state index in [0.717, 1.165) is 11.8 Å². The Labute approximate surface area is 69.7 Å². The summed E-state index contributed by atoms with van der Waals surface area (Å²) in [6, 6.07) is 0. The van der Waals surface area contributed by atoms with Crippen molar-refractivity contribution < 1.29 is 0 Å². The summed E-state index contributed by atoms with van der Waals surface area (Å²) < 4.78 is 0. The van der Waals surface area contributed by atoms with E-state index in [0.29, 0.717) is 0 Å². The summed E-state index contributed by atoms with van der Waals surface area (Å²) in [5.41, 5.74) is 1.65. The van der Waals surface area contributed by atoms with Crippen molar-refractivity contribution in [2.75, 3.05) is 0 Å². The molecule has 2 aliphatic carbocycles. The summed E-state index contributed by atoms with van der Waals surface area (Å²) in [5, 5.41) is 0. The van der Waals surface area contributed by atoms with Gasteiger partial charge < -0.3 is 0 Å². The Bertz CT molecular complexity index is 167. The maximum absolute atomic E-state index is 2.55. The average molecular weight is 150 g/mol. The van der Waals surface area contributed by atoms with E-state index in [4.69, 9.17) is 0 Å². The van der Waals surface area contributed by atoms with Crippen LogP contribution in [-0.4, -0.2) is 0 Å². The van der Waals surface area contributed by atoms with Crippen LogP contribution < -0.4 is 0 Å². The van der Waals surface area contributed by atoms with Crippen molar-refractivity contribution in [3.05, 3.63) is 11.6 Å². The number of hydrogen-bond acceptors (Lipinski definition) is 0. The molecule has 0 aliphatic heterocycles. The van der Waals surface area contributed by atoms with E-state index in [1.165, 1.54) is 38.5 Å². The summed E-state index contributed by atoms with van der Waals surface area (Å²) in [7, 11) is 0. The third kappa shape index (κ3) is 1.50. The molecule has 1 saturated carbocycles. The summed E-state index contributed by atoms with van der Waals surface area (Å²) in [4.78, 5) is 0. The van der Waals surface area contributed by atoms with Crippen LogP contribution in [0.4, 0.5) is 0 Å². The Kier molecular flexibility index (Phi) is 2.02. The van der Waals surface area contributed by atoms with Gasteiger partial charge in [-0.15, -0.1) is 0 Å². The molecule has 11 heavy (non-hydrogen) atoms. The Morgan fingerprint density at radius 2 is 2.00 bits per heavy atom. The van der Waals surface area contributed by atoms with E-state index < -0.39 is 0 Å². The maximum Gasteiger partial charge on any atom is -0.0202 e. The molecule has 0 heterocycles. The molecule has 0 aromatic rings. The van der Waals surface area contributed by atoms with Crippen LogP contribution >= 0.6 is 0 Å². The Morgan fingerprint density at radius 3 is 2.91 bits per heavy atom. The van der Waals surface area contributed by atoms with Crippen LogP contribution in [0, 0.1) is 11.8 Å². The van der Waals surface area contributed by atoms with E-state index in [9.17, 15) is 0 Å². The third-order valence-corrected chi connectivity index (χ3v) is 3.38. The Hall–Kier alpha value is -0.260. The van der Waals surface area contributed by atoms with Crippen molar-refractivity contribution in [1.29, 1.82) is 0 Å².